The van der Waals surface area contributed by atoms with Crippen molar-refractivity contribution in [2.24, 2.45) is 5.92 Å². The predicted octanol–water partition coefficient (Wildman–Crippen LogP) is 4.43. The third-order valence-electron chi connectivity index (χ3n) is 6.18. The lowest BCUT2D eigenvalue weighted by Gasteiger charge is -2.46. The first-order valence-corrected chi connectivity index (χ1v) is 9.29. The van der Waals surface area contributed by atoms with Crippen molar-refractivity contribution in [3.63, 3.8) is 0 Å². The molecule has 2 aromatic carbocycles. The van der Waals surface area contributed by atoms with Gasteiger partial charge in [-0.25, -0.2) is 0 Å². The molecule has 1 saturated carbocycles. The summed E-state index contributed by atoms with van der Waals surface area (Å²) in [6.07, 6.45) is 4.45. The standard InChI is InChI=1S/C22H24O4/c1-26-22(25)21-18-11-10-15(24)12-19(18)16-4-2-3-5-17(16)20(21)13-6-8-14(23)9-7-13/h6-12,16-17,20-21,23-24H,2-5H2,1H3. The summed E-state index contributed by atoms with van der Waals surface area (Å²) in [7, 11) is 1.43. The Balaban J connectivity index is 1.90. The number of esters is 1. The fourth-order valence-electron chi connectivity index (χ4n) is 5.12. The number of hydrogen-bond acceptors (Lipinski definition) is 4. The van der Waals surface area contributed by atoms with Gasteiger partial charge in [0.25, 0.3) is 0 Å². The minimum atomic E-state index is -0.389. The van der Waals surface area contributed by atoms with Crippen molar-refractivity contribution in [1.29, 1.82) is 0 Å². The Kier molecular flexibility index (Phi) is 4.35. The maximum absolute atomic E-state index is 12.8. The average molecular weight is 352 g/mol. The van der Waals surface area contributed by atoms with Gasteiger partial charge in [-0.1, -0.05) is 31.0 Å². The molecule has 0 aliphatic heterocycles. The molecule has 4 atom stereocenters. The van der Waals surface area contributed by atoms with E-state index in [1.165, 1.54) is 13.5 Å². The number of methoxy groups -OCH3 is 1. The number of aromatic hydroxyl groups is 2. The highest BCUT2D eigenvalue weighted by Gasteiger charge is 2.47. The minimum absolute atomic E-state index is 0.0189. The second-order valence-electron chi connectivity index (χ2n) is 7.49. The second-order valence-corrected chi connectivity index (χ2v) is 7.49. The predicted molar refractivity (Wildman–Crippen MR) is 98.4 cm³/mol. The molecule has 2 aliphatic rings. The van der Waals surface area contributed by atoms with E-state index in [-0.39, 0.29) is 29.3 Å². The number of carbonyl (C=O) groups excluding carboxylic acids is 1. The zero-order valence-corrected chi connectivity index (χ0v) is 14.9. The third-order valence-corrected chi connectivity index (χ3v) is 6.18. The van der Waals surface area contributed by atoms with Gasteiger partial charge in [-0.05, 0) is 65.6 Å². The first-order chi connectivity index (χ1) is 12.6. The van der Waals surface area contributed by atoms with Gasteiger partial charge in [0.2, 0.25) is 0 Å². The summed E-state index contributed by atoms with van der Waals surface area (Å²) in [5.41, 5.74) is 3.13. The first-order valence-electron chi connectivity index (χ1n) is 9.29. The van der Waals surface area contributed by atoms with E-state index < -0.39 is 0 Å². The molecule has 0 aromatic heterocycles. The van der Waals surface area contributed by atoms with Crippen LogP contribution in [0.1, 0.15) is 60.1 Å². The Morgan fingerprint density at radius 3 is 2.38 bits per heavy atom. The van der Waals surface area contributed by atoms with Gasteiger partial charge < -0.3 is 14.9 Å². The van der Waals surface area contributed by atoms with E-state index in [2.05, 4.69) is 0 Å². The van der Waals surface area contributed by atoms with Gasteiger partial charge in [-0.3, -0.25) is 4.79 Å². The number of phenolic OH excluding ortho intramolecular Hbond substituents is 2. The molecule has 2 aromatic rings. The van der Waals surface area contributed by atoms with Crippen molar-refractivity contribution in [3.8, 4) is 11.5 Å². The molecule has 0 radical (unpaired) electrons. The van der Waals surface area contributed by atoms with Crippen molar-refractivity contribution in [3.05, 3.63) is 59.2 Å². The number of rotatable bonds is 2. The largest absolute Gasteiger partial charge is 0.508 e. The Morgan fingerprint density at radius 1 is 0.962 bits per heavy atom. The zero-order chi connectivity index (χ0) is 18.3. The molecule has 0 amide bonds. The van der Waals surface area contributed by atoms with E-state index in [9.17, 15) is 15.0 Å². The lowest BCUT2D eigenvalue weighted by molar-refractivity contribution is -0.144. The van der Waals surface area contributed by atoms with E-state index in [0.29, 0.717) is 11.8 Å². The molecule has 136 valence electrons. The van der Waals surface area contributed by atoms with Gasteiger partial charge in [0, 0.05) is 5.92 Å². The molecule has 4 rings (SSSR count). The highest BCUT2D eigenvalue weighted by atomic mass is 16.5. The fourth-order valence-corrected chi connectivity index (χ4v) is 5.12. The first kappa shape index (κ1) is 17.0. The number of ether oxygens (including phenoxy) is 1. The van der Waals surface area contributed by atoms with Crippen LogP contribution in [0.5, 0.6) is 11.5 Å². The summed E-state index contributed by atoms with van der Waals surface area (Å²) in [5, 5.41) is 19.7. The number of phenols is 2. The van der Waals surface area contributed by atoms with Crippen LogP contribution >= 0.6 is 0 Å². The summed E-state index contributed by atoms with van der Waals surface area (Å²) in [4.78, 5) is 12.8. The Hall–Kier alpha value is -2.49. The highest BCUT2D eigenvalue weighted by molar-refractivity contribution is 5.81. The van der Waals surface area contributed by atoms with Gasteiger partial charge in [0.15, 0.2) is 0 Å². The second kappa shape index (κ2) is 6.67. The van der Waals surface area contributed by atoms with Crippen molar-refractivity contribution in [1.82, 2.24) is 0 Å². The van der Waals surface area contributed by atoms with Gasteiger partial charge in [-0.2, -0.15) is 0 Å². The monoisotopic (exact) mass is 352 g/mol. The van der Waals surface area contributed by atoms with E-state index in [1.807, 2.05) is 24.3 Å². The number of carbonyl (C=O) groups is 1. The SMILES string of the molecule is COC(=O)C1c2ccc(O)cc2C2CCCCC2C1c1ccc(O)cc1. The van der Waals surface area contributed by atoms with E-state index in [4.69, 9.17) is 4.74 Å². The Morgan fingerprint density at radius 2 is 1.65 bits per heavy atom. The maximum atomic E-state index is 12.8. The fraction of sp³-hybridized carbons (Fsp3) is 0.409. The van der Waals surface area contributed by atoms with Gasteiger partial charge in [0.1, 0.15) is 11.5 Å². The normalized spacial score (nSPS) is 27.3. The summed E-state index contributed by atoms with van der Waals surface area (Å²) in [6, 6.07) is 12.6. The Labute approximate surface area is 153 Å². The summed E-state index contributed by atoms with van der Waals surface area (Å²) >= 11 is 0. The van der Waals surface area contributed by atoms with Crippen molar-refractivity contribution in [2.75, 3.05) is 7.11 Å². The van der Waals surface area contributed by atoms with Crippen LogP contribution in [0.3, 0.4) is 0 Å². The molecular weight excluding hydrogens is 328 g/mol. The molecule has 0 heterocycles. The van der Waals surface area contributed by atoms with Crippen LogP contribution in [-0.4, -0.2) is 23.3 Å². The maximum Gasteiger partial charge on any atom is 0.313 e. The lowest BCUT2D eigenvalue weighted by Crippen LogP contribution is -2.37. The topological polar surface area (TPSA) is 66.8 Å². The van der Waals surface area contributed by atoms with Crippen LogP contribution in [-0.2, 0) is 9.53 Å². The van der Waals surface area contributed by atoms with Crippen molar-refractivity contribution >= 4 is 5.97 Å². The molecule has 26 heavy (non-hydrogen) atoms. The van der Waals surface area contributed by atoms with Crippen LogP contribution in [0.4, 0.5) is 0 Å². The summed E-state index contributed by atoms with van der Waals surface area (Å²) in [5.74, 6) is 0.533. The smallest absolute Gasteiger partial charge is 0.313 e. The number of fused-ring (bicyclic) bond motifs is 3. The average Bonchev–Trinajstić information content (AvgIpc) is 2.67. The molecular formula is C22H24O4. The molecule has 0 spiro atoms. The molecule has 2 aliphatic carbocycles. The van der Waals surface area contributed by atoms with Crippen LogP contribution < -0.4 is 0 Å². The molecule has 0 bridgehead atoms. The Bertz CT molecular complexity index is 811. The van der Waals surface area contributed by atoms with Crippen LogP contribution in [0.2, 0.25) is 0 Å². The zero-order valence-electron chi connectivity index (χ0n) is 14.9. The molecule has 2 N–H and O–H groups in total. The minimum Gasteiger partial charge on any atom is -0.508 e. The molecule has 4 nitrogen and oxygen atoms in total. The third kappa shape index (κ3) is 2.74. The van der Waals surface area contributed by atoms with Crippen LogP contribution in [0, 0.1) is 5.92 Å². The summed E-state index contributed by atoms with van der Waals surface area (Å²) in [6.45, 7) is 0. The number of hydrogen-bond donors (Lipinski definition) is 2. The quantitative estimate of drug-likeness (QED) is 0.785. The van der Waals surface area contributed by atoms with E-state index >= 15 is 0 Å². The van der Waals surface area contributed by atoms with E-state index in [0.717, 1.165) is 36.0 Å². The molecule has 4 unspecified atom stereocenters. The van der Waals surface area contributed by atoms with Gasteiger partial charge in [0.05, 0.1) is 13.0 Å². The van der Waals surface area contributed by atoms with Crippen LogP contribution in [0.15, 0.2) is 42.5 Å². The van der Waals surface area contributed by atoms with Gasteiger partial charge in [-0.15, -0.1) is 0 Å². The van der Waals surface area contributed by atoms with E-state index in [1.54, 1.807) is 18.2 Å². The lowest BCUT2D eigenvalue weighted by atomic mass is 9.57. The molecule has 4 heteroatoms. The van der Waals surface area contributed by atoms with Gasteiger partial charge >= 0.3 is 5.97 Å². The molecule has 0 saturated heterocycles. The van der Waals surface area contributed by atoms with Crippen molar-refractivity contribution in [2.45, 2.75) is 43.4 Å². The highest BCUT2D eigenvalue weighted by Crippen LogP contribution is 2.57. The molecule has 1 fully saturated rings. The van der Waals surface area contributed by atoms with Crippen LogP contribution in [0.25, 0.3) is 0 Å². The number of benzene rings is 2. The van der Waals surface area contributed by atoms with Crippen molar-refractivity contribution < 1.29 is 19.7 Å². The summed E-state index contributed by atoms with van der Waals surface area (Å²) < 4.78 is 5.18.